The number of pyridine rings is 2. The molecule has 0 fully saturated rings. The highest BCUT2D eigenvalue weighted by Gasteiger charge is 2.15. The zero-order chi connectivity index (χ0) is 22.0. The van der Waals surface area contributed by atoms with Gasteiger partial charge in [0.25, 0.3) is 5.91 Å². The summed E-state index contributed by atoms with van der Waals surface area (Å²) in [7, 11) is 4.93. The number of aromatic nitrogens is 4. The first kappa shape index (κ1) is 20.5. The summed E-state index contributed by atoms with van der Waals surface area (Å²) >= 11 is 0. The highest BCUT2D eigenvalue weighted by molar-refractivity contribution is 5.95. The number of nitrogens with zero attached hydrogens (tertiary/aromatic N) is 5. The fraction of sp³-hybridized carbons (Fsp3) is 0.217. The lowest BCUT2D eigenvalue weighted by molar-refractivity contribution is 0.0827. The molecule has 8 heteroatoms. The molecule has 0 aliphatic carbocycles. The number of carbonyl (C=O) groups excluding carboxylic acids is 1. The Morgan fingerprint density at radius 1 is 1.16 bits per heavy atom. The number of aryl methyl sites for hydroxylation is 1. The zero-order valence-electron chi connectivity index (χ0n) is 17.5. The monoisotopic (exact) mass is 419 g/mol. The van der Waals surface area contributed by atoms with E-state index in [0.717, 1.165) is 16.8 Å². The maximum absolute atomic E-state index is 14.3. The second-order valence-electron chi connectivity index (χ2n) is 7.35. The molecule has 1 amide bonds. The van der Waals surface area contributed by atoms with Crippen LogP contribution in [0.1, 0.15) is 21.6 Å². The number of halogens is 1. The Hall–Kier alpha value is -3.81. The van der Waals surface area contributed by atoms with Gasteiger partial charge in [-0.2, -0.15) is 0 Å². The number of amides is 1. The third kappa shape index (κ3) is 3.96. The van der Waals surface area contributed by atoms with Gasteiger partial charge in [0.05, 0.1) is 12.7 Å². The molecule has 3 aromatic heterocycles. The largest absolute Gasteiger partial charge is 0.496 e. The van der Waals surface area contributed by atoms with Crippen LogP contribution in [0.5, 0.6) is 5.75 Å². The van der Waals surface area contributed by atoms with Crippen LogP contribution >= 0.6 is 0 Å². The highest BCUT2D eigenvalue weighted by atomic mass is 19.1. The van der Waals surface area contributed by atoms with E-state index >= 15 is 0 Å². The Bertz CT molecular complexity index is 1250. The van der Waals surface area contributed by atoms with E-state index < -0.39 is 0 Å². The van der Waals surface area contributed by atoms with E-state index in [1.54, 1.807) is 51.0 Å². The number of benzene rings is 1. The number of ether oxygens (including phenoxy) is 1. The molecule has 0 N–H and O–H groups in total. The molecule has 0 aliphatic heterocycles. The molecule has 158 valence electrons. The molecule has 31 heavy (non-hydrogen) atoms. The van der Waals surface area contributed by atoms with Crippen LogP contribution in [-0.4, -0.2) is 51.6 Å². The normalized spacial score (nSPS) is 11.0. The van der Waals surface area contributed by atoms with Crippen LogP contribution in [0.2, 0.25) is 0 Å². The molecule has 7 nitrogen and oxygen atoms in total. The van der Waals surface area contributed by atoms with E-state index in [1.807, 2.05) is 16.5 Å². The van der Waals surface area contributed by atoms with Crippen molar-refractivity contribution < 1.29 is 13.9 Å². The Morgan fingerprint density at radius 2 is 2.00 bits per heavy atom. The average Bonchev–Trinajstić information content (AvgIpc) is 3.27. The van der Waals surface area contributed by atoms with Gasteiger partial charge in [0.2, 0.25) is 0 Å². The predicted molar refractivity (Wildman–Crippen MR) is 115 cm³/mol. The fourth-order valence-electron chi connectivity index (χ4n) is 3.58. The molecular formula is C23H22FN5O2. The van der Waals surface area contributed by atoms with Crippen molar-refractivity contribution in [3.63, 3.8) is 0 Å². The number of rotatable bonds is 6. The van der Waals surface area contributed by atoms with Gasteiger partial charge in [-0.1, -0.05) is 6.07 Å². The first-order valence-corrected chi connectivity index (χ1v) is 9.79. The van der Waals surface area contributed by atoms with E-state index in [9.17, 15) is 9.18 Å². The molecule has 4 rings (SSSR count). The molecule has 0 saturated heterocycles. The van der Waals surface area contributed by atoms with E-state index in [1.165, 1.54) is 18.1 Å². The van der Waals surface area contributed by atoms with Crippen molar-refractivity contribution in [2.45, 2.75) is 12.8 Å². The molecule has 0 atom stereocenters. The number of methoxy groups -OCH3 is 1. The Morgan fingerprint density at radius 3 is 2.77 bits per heavy atom. The van der Waals surface area contributed by atoms with E-state index in [2.05, 4.69) is 15.2 Å². The van der Waals surface area contributed by atoms with Gasteiger partial charge in [0.1, 0.15) is 17.9 Å². The maximum Gasteiger partial charge on any atom is 0.254 e. The SMILES string of the molecule is COc1cccc(F)c1CCc1ccc(-c2cncc(C(=O)N(C)C)c2)c2nncn12. The van der Waals surface area contributed by atoms with Crippen molar-refractivity contribution in [3.05, 3.63) is 77.8 Å². The third-order valence-corrected chi connectivity index (χ3v) is 5.17. The highest BCUT2D eigenvalue weighted by Crippen LogP contribution is 2.27. The first-order valence-electron chi connectivity index (χ1n) is 9.79. The number of fused-ring (bicyclic) bond motifs is 1. The van der Waals surface area contributed by atoms with Crippen LogP contribution in [0.25, 0.3) is 16.8 Å². The minimum atomic E-state index is -0.288. The Labute approximate surface area is 179 Å². The minimum Gasteiger partial charge on any atom is -0.496 e. The Balaban J connectivity index is 1.68. The van der Waals surface area contributed by atoms with Gasteiger partial charge in [-0.25, -0.2) is 4.39 Å². The number of hydrogen-bond acceptors (Lipinski definition) is 5. The lowest BCUT2D eigenvalue weighted by Gasteiger charge is -2.13. The summed E-state index contributed by atoms with van der Waals surface area (Å²) in [4.78, 5) is 18.0. The standard InChI is InChI=1S/C23H22FN5O2/c1-28(2)23(30)16-11-15(12-25-13-16)18-9-7-17(29-14-26-27-22(18)29)8-10-19-20(24)5-4-6-21(19)31-3/h4-7,9,11-14H,8,10H2,1-3H3. The molecule has 0 radical (unpaired) electrons. The fourth-order valence-corrected chi connectivity index (χ4v) is 3.58. The van der Waals surface area contributed by atoms with Crippen LogP contribution < -0.4 is 4.74 Å². The molecule has 0 saturated carbocycles. The van der Waals surface area contributed by atoms with Crippen molar-refractivity contribution in [2.24, 2.45) is 0 Å². The van der Waals surface area contributed by atoms with Crippen LogP contribution in [-0.2, 0) is 12.8 Å². The van der Waals surface area contributed by atoms with Crippen molar-refractivity contribution in [1.29, 1.82) is 0 Å². The maximum atomic E-state index is 14.3. The zero-order valence-corrected chi connectivity index (χ0v) is 17.5. The van der Waals surface area contributed by atoms with Gasteiger partial charge in [-0.15, -0.1) is 10.2 Å². The van der Waals surface area contributed by atoms with E-state index in [4.69, 9.17) is 4.74 Å². The van der Waals surface area contributed by atoms with Crippen molar-refractivity contribution in [3.8, 4) is 16.9 Å². The Kier molecular flexibility index (Phi) is 5.62. The molecule has 1 aromatic carbocycles. The summed E-state index contributed by atoms with van der Waals surface area (Å²) in [6, 6.07) is 10.5. The molecule has 3 heterocycles. The molecule has 0 aliphatic rings. The smallest absolute Gasteiger partial charge is 0.254 e. The number of carbonyl (C=O) groups is 1. The predicted octanol–water partition coefficient (Wildman–Crippen LogP) is 3.43. The van der Waals surface area contributed by atoms with Crippen LogP contribution in [0.15, 0.2) is 55.1 Å². The second kappa shape index (κ2) is 8.51. The van der Waals surface area contributed by atoms with Gasteiger partial charge in [0.15, 0.2) is 5.65 Å². The lowest BCUT2D eigenvalue weighted by Crippen LogP contribution is -2.21. The van der Waals surface area contributed by atoms with Crippen LogP contribution in [0, 0.1) is 5.82 Å². The lowest BCUT2D eigenvalue weighted by atomic mass is 10.0. The molecule has 0 unspecified atom stereocenters. The summed E-state index contributed by atoms with van der Waals surface area (Å²) in [5.74, 6) is 0.122. The summed E-state index contributed by atoms with van der Waals surface area (Å²) in [5.41, 5.74) is 4.20. The van der Waals surface area contributed by atoms with Gasteiger partial charge >= 0.3 is 0 Å². The number of hydrogen-bond donors (Lipinski definition) is 0. The van der Waals surface area contributed by atoms with Crippen molar-refractivity contribution in [1.82, 2.24) is 24.5 Å². The van der Waals surface area contributed by atoms with Crippen molar-refractivity contribution >= 4 is 11.6 Å². The second-order valence-corrected chi connectivity index (χ2v) is 7.35. The molecule has 0 spiro atoms. The quantitative estimate of drug-likeness (QED) is 0.479. The molecule has 0 bridgehead atoms. The van der Waals surface area contributed by atoms with Gasteiger partial charge in [0, 0.05) is 48.9 Å². The van der Waals surface area contributed by atoms with Gasteiger partial charge in [-0.05, 0) is 43.2 Å². The first-order chi connectivity index (χ1) is 15.0. The summed E-state index contributed by atoms with van der Waals surface area (Å²) in [6.45, 7) is 0. The summed E-state index contributed by atoms with van der Waals surface area (Å²) in [6.07, 6.45) is 5.92. The van der Waals surface area contributed by atoms with Gasteiger partial charge in [-0.3, -0.25) is 14.2 Å². The van der Waals surface area contributed by atoms with E-state index in [0.29, 0.717) is 35.4 Å². The van der Waals surface area contributed by atoms with Crippen LogP contribution in [0.3, 0.4) is 0 Å². The summed E-state index contributed by atoms with van der Waals surface area (Å²) < 4.78 is 21.5. The van der Waals surface area contributed by atoms with Crippen LogP contribution in [0.4, 0.5) is 4.39 Å². The average molecular weight is 419 g/mol. The summed E-state index contributed by atoms with van der Waals surface area (Å²) in [5, 5.41) is 8.32. The molecule has 4 aromatic rings. The third-order valence-electron chi connectivity index (χ3n) is 5.17. The van der Waals surface area contributed by atoms with E-state index in [-0.39, 0.29) is 11.7 Å². The topological polar surface area (TPSA) is 72.6 Å². The van der Waals surface area contributed by atoms with Gasteiger partial charge < -0.3 is 9.64 Å². The minimum absolute atomic E-state index is 0.123. The van der Waals surface area contributed by atoms with Crippen molar-refractivity contribution in [2.75, 3.05) is 21.2 Å². The molecular weight excluding hydrogens is 397 g/mol.